The van der Waals surface area contributed by atoms with Crippen molar-refractivity contribution in [1.82, 2.24) is 10.3 Å². The van der Waals surface area contributed by atoms with E-state index in [0.29, 0.717) is 5.41 Å². The SMILES string of the molecule is CCCc1cc(CNC)cc(N2CCC(C)(C)C2)n1. The number of nitrogens with one attached hydrogen (secondary N) is 1. The van der Waals surface area contributed by atoms with E-state index in [0.717, 1.165) is 32.5 Å². The average molecular weight is 261 g/mol. The van der Waals surface area contributed by atoms with Gasteiger partial charge >= 0.3 is 0 Å². The van der Waals surface area contributed by atoms with Crippen molar-refractivity contribution in [2.75, 3.05) is 25.0 Å². The topological polar surface area (TPSA) is 28.2 Å². The van der Waals surface area contributed by atoms with Gasteiger partial charge in [0.2, 0.25) is 0 Å². The fourth-order valence-electron chi connectivity index (χ4n) is 2.79. The summed E-state index contributed by atoms with van der Waals surface area (Å²) >= 11 is 0. The summed E-state index contributed by atoms with van der Waals surface area (Å²) in [5, 5.41) is 3.24. The molecule has 2 heterocycles. The summed E-state index contributed by atoms with van der Waals surface area (Å²) in [4.78, 5) is 7.29. The molecule has 1 aliphatic heterocycles. The van der Waals surface area contributed by atoms with E-state index in [9.17, 15) is 0 Å². The Bertz CT molecular complexity index is 402. The van der Waals surface area contributed by atoms with Gasteiger partial charge in [0.1, 0.15) is 5.82 Å². The Hall–Kier alpha value is -1.09. The maximum Gasteiger partial charge on any atom is 0.129 e. The summed E-state index contributed by atoms with van der Waals surface area (Å²) in [6.45, 7) is 10.1. The van der Waals surface area contributed by atoms with Gasteiger partial charge in [-0.25, -0.2) is 4.98 Å². The molecule has 0 saturated carbocycles. The lowest BCUT2D eigenvalue weighted by Gasteiger charge is -2.22. The van der Waals surface area contributed by atoms with Crippen molar-refractivity contribution in [3.63, 3.8) is 0 Å². The third-order valence-corrected chi connectivity index (χ3v) is 3.81. The van der Waals surface area contributed by atoms with Crippen molar-refractivity contribution in [3.8, 4) is 0 Å². The van der Waals surface area contributed by atoms with E-state index in [4.69, 9.17) is 4.98 Å². The van der Waals surface area contributed by atoms with Crippen molar-refractivity contribution < 1.29 is 0 Å². The van der Waals surface area contributed by atoms with Crippen LogP contribution in [0.2, 0.25) is 0 Å². The molecule has 3 heteroatoms. The van der Waals surface area contributed by atoms with Crippen LogP contribution in [0.1, 0.15) is 44.9 Å². The lowest BCUT2D eigenvalue weighted by molar-refractivity contribution is 0.418. The maximum absolute atomic E-state index is 4.85. The normalized spacial score (nSPS) is 18.0. The second-order valence-electron chi connectivity index (χ2n) is 6.44. The van der Waals surface area contributed by atoms with E-state index in [1.165, 1.54) is 23.5 Å². The zero-order valence-electron chi connectivity index (χ0n) is 12.8. The predicted molar refractivity (Wildman–Crippen MR) is 81.6 cm³/mol. The van der Waals surface area contributed by atoms with Gasteiger partial charge in [0.05, 0.1) is 0 Å². The van der Waals surface area contributed by atoms with Gasteiger partial charge in [-0.1, -0.05) is 27.2 Å². The molecule has 0 aromatic carbocycles. The van der Waals surface area contributed by atoms with Crippen LogP contribution in [0.5, 0.6) is 0 Å². The molecule has 1 aromatic rings. The van der Waals surface area contributed by atoms with E-state index in [1.807, 2.05) is 7.05 Å². The molecule has 0 atom stereocenters. The second-order valence-corrected chi connectivity index (χ2v) is 6.44. The van der Waals surface area contributed by atoms with Crippen LogP contribution in [0.25, 0.3) is 0 Å². The van der Waals surface area contributed by atoms with Crippen molar-refractivity contribution in [2.45, 2.75) is 46.6 Å². The van der Waals surface area contributed by atoms with E-state index in [1.54, 1.807) is 0 Å². The molecule has 1 aliphatic rings. The van der Waals surface area contributed by atoms with Gasteiger partial charge in [0, 0.05) is 25.3 Å². The smallest absolute Gasteiger partial charge is 0.129 e. The van der Waals surface area contributed by atoms with E-state index in [-0.39, 0.29) is 0 Å². The van der Waals surface area contributed by atoms with Crippen molar-refractivity contribution in [2.24, 2.45) is 5.41 Å². The summed E-state index contributed by atoms with van der Waals surface area (Å²) in [5.74, 6) is 1.17. The highest BCUT2D eigenvalue weighted by molar-refractivity contribution is 5.44. The molecule has 3 nitrogen and oxygen atoms in total. The molecule has 1 aromatic heterocycles. The first-order valence-electron chi connectivity index (χ1n) is 7.43. The van der Waals surface area contributed by atoms with Crippen LogP contribution in [0.4, 0.5) is 5.82 Å². The van der Waals surface area contributed by atoms with Crippen molar-refractivity contribution in [3.05, 3.63) is 23.4 Å². The van der Waals surface area contributed by atoms with Crippen LogP contribution in [-0.4, -0.2) is 25.1 Å². The summed E-state index contributed by atoms with van der Waals surface area (Å²) in [6, 6.07) is 4.49. The molecule has 0 bridgehead atoms. The van der Waals surface area contributed by atoms with Gasteiger partial charge < -0.3 is 10.2 Å². The highest BCUT2D eigenvalue weighted by atomic mass is 15.2. The molecule has 1 fully saturated rings. The standard InChI is InChI=1S/C16H27N3/c1-5-6-14-9-13(11-17-4)10-15(18-14)19-8-7-16(2,3)12-19/h9-10,17H,5-8,11-12H2,1-4H3. The minimum Gasteiger partial charge on any atom is -0.356 e. The molecular formula is C16H27N3. The Labute approximate surface area is 117 Å². The largest absolute Gasteiger partial charge is 0.356 e. The van der Waals surface area contributed by atoms with Crippen LogP contribution >= 0.6 is 0 Å². The Kier molecular flexibility index (Phi) is 4.46. The number of hydrogen-bond acceptors (Lipinski definition) is 3. The van der Waals surface area contributed by atoms with Crippen LogP contribution in [-0.2, 0) is 13.0 Å². The molecule has 106 valence electrons. The quantitative estimate of drug-likeness (QED) is 0.883. The summed E-state index contributed by atoms with van der Waals surface area (Å²) in [7, 11) is 2.00. The first-order valence-corrected chi connectivity index (χ1v) is 7.43. The fraction of sp³-hybridized carbons (Fsp3) is 0.688. The van der Waals surface area contributed by atoms with E-state index in [2.05, 4.69) is 43.1 Å². The lowest BCUT2D eigenvalue weighted by Crippen LogP contribution is -2.24. The molecule has 1 N–H and O–H groups in total. The Morgan fingerprint density at radius 3 is 2.74 bits per heavy atom. The first kappa shape index (κ1) is 14.3. The van der Waals surface area contributed by atoms with Crippen LogP contribution in [0.15, 0.2) is 12.1 Å². The minimum atomic E-state index is 0.422. The Morgan fingerprint density at radius 1 is 1.37 bits per heavy atom. The maximum atomic E-state index is 4.85. The van der Waals surface area contributed by atoms with E-state index < -0.39 is 0 Å². The number of aromatic nitrogens is 1. The number of pyridine rings is 1. The monoisotopic (exact) mass is 261 g/mol. The van der Waals surface area contributed by atoms with Gasteiger partial charge in [-0.3, -0.25) is 0 Å². The summed E-state index contributed by atoms with van der Waals surface area (Å²) < 4.78 is 0. The van der Waals surface area contributed by atoms with Gasteiger partial charge in [-0.2, -0.15) is 0 Å². The molecular weight excluding hydrogens is 234 g/mol. The van der Waals surface area contributed by atoms with Crippen LogP contribution < -0.4 is 10.2 Å². The lowest BCUT2D eigenvalue weighted by atomic mass is 9.93. The second kappa shape index (κ2) is 5.91. The Morgan fingerprint density at radius 2 is 2.16 bits per heavy atom. The number of aryl methyl sites for hydroxylation is 1. The van der Waals surface area contributed by atoms with Gasteiger partial charge in [0.25, 0.3) is 0 Å². The van der Waals surface area contributed by atoms with Crippen LogP contribution in [0, 0.1) is 5.41 Å². The van der Waals surface area contributed by atoms with Gasteiger partial charge in [-0.05, 0) is 43.0 Å². The molecule has 0 unspecified atom stereocenters. The number of hydrogen-bond donors (Lipinski definition) is 1. The minimum absolute atomic E-state index is 0.422. The fourth-order valence-corrected chi connectivity index (χ4v) is 2.79. The molecule has 0 amide bonds. The highest BCUT2D eigenvalue weighted by Crippen LogP contribution is 2.32. The highest BCUT2D eigenvalue weighted by Gasteiger charge is 2.30. The third-order valence-electron chi connectivity index (χ3n) is 3.81. The summed E-state index contributed by atoms with van der Waals surface area (Å²) in [6.07, 6.45) is 3.48. The zero-order chi connectivity index (χ0) is 13.9. The average Bonchev–Trinajstić information content (AvgIpc) is 2.70. The molecule has 1 saturated heterocycles. The molecule has 0 aliphatic carbocycles. The van der Waals surface area contributed by atoms with Crippen molar-refractivity contribution >= 4 is 5.82 Å². The number of rotatable bonds is 5. The van der Waals surface area contributed by atoms with Crippen LogP contribution in [0.3, 0.4) is 0 Å². The first-order chi connectivity index (χ1) is 9.04. The zero-order valence-corrected chi connectivity index (χ0v) is 12.8. The number of nitrogens with zero attached hydrogens (tertiary/aromatic N) is 2. The molecule has 0 spiro atoms. The molecule has 0 radical (unpaired) electrons. The van der Waals surface area contributed by atoms with Crippen molar-refractivity contribution in [1.29, 1.82) is 0 Å². The molecule has 19 heavy (non-hydrogen) atoms. The number of anilines is 1. The van der Waals surface area contributed by atoms with Gasteiger partial charge in [0.15, 0.2) is 0 Å². The third kappa shape index (κ3) is 3.69. The predicted octanol–water partition coefficient (Wildman–Crippen LogP) is 2.99. The molecule has 2 rings (SSSR count). The van der Waals surface area contributed by atoms with Gasteiger partial charge in [-0.15, -0.1) is 0 Å². The Balaban J connectivity index is 2.23. The van der Waals surface area contributed by atoms with E-state index >= 15 is 0 Å². The summed E-state index contributed by atoms with van der Waals surface area (Å²) in [5.41, 5.74) is 3.00.